The van der Waals surface area contributed by atoms with E-state index in [-0.39, 0.29) is 0 Å². The second-order valence-corrected chi connectivity index (χ2v) is 10.2. The number of hydrogen-bond acceptors (Lipinski definition) is 7. The number of thiazole rings is 1. The molecule has 4 aromatic rings. The number of hydrogen-bond donors (Lipinski definition) is 0. The normalized spacial score (nSPS) is 18.9. The van der Waals surface area contributed by atoms with Gasteiger partial charge in [-0.05, 0) is 65.9 Å². The first-order chi connectivity index (χ1) is 17.3. The number of nitrogens with zero attached hydrogens (tertiary/aromatic N) is 4. The molecule has 0 N–H and O–H groups in total. The van der Waals surface area contributed by atoms with Gasteiger partial charge in [0.1, 0.15) is 12.4 Å². The van der Waals surface area contributed by atoms with E-state index < -0.39 is 0 Å². The highest BCUT2D eigenvalue weighted by atomic mass is 32.1. The summed E-state index contributed by atoms with van der Waals surface area (Å²) in [5.74, 6) is 0.953. The summed E-state index contributed by atoms with van der Waals surface area (Å²) in [5, 5.41) is 1.10. The third-order valence-corrected chi connectivity index (χ3v) is 7.97. The van der Waals surface area contributed by atoms with Crippen molar-refractivity contribution in [2.75, 3.05) is 50.9 Å². The van der Waals surface area contributed by atoms with Crippen LogP contribution in [0.2, 0.25) is 0 Å². The molecular formula is C28H30N4O2S. The summed E-state index contributed by atoms with van der Waals surface area (Å²) in [7, 11) is 0. The van der Waals surface area contributed by atoms with Crippen LogP contribution in [0.15, 0.2) is 67.0 Å². The van der Waals surface area contributed by atoms with Crippen molar-refractivity contribution in [3.8, 4) is 16.9 Å². The second-order valence-electron chi connectivity index (χ2n) is 9.14. The van der Waals surface area contributed by atoms with Crippen molar-refractivity contribution in [3.63, 3.8) is 0 Å². The van der Waals surface area contributed by atoms with Crippen molar-refractivity contribution < 1.29 is 9.47 Å². The minimum absolute atomic E-state index is 0.332. The van der Waals surface area contributed by atoms with Crippen molar-refractivity contribution in [2.24, 2.45) is 0 Å². The van der Waals surface area contributed by atoms with Gasteiger partial charge in [0, 0.05) is 38.6 Å². The molecule has 0 radical (unpaired) electrons. The molecule has 1 unspecified atom stereocenters. The van der Waals surface area contributed by atoms with Crippen LogP contribution < -0.4 is 9.64 Å². The van der Waals surface area contributed by atoms with Crippen LogP contribution in [-0.4, -0.2) is 60.9 Å². The molecule has 0 saturated carbocycles. The molecule has 6 rings (SSSR count). The van der Waals surface area contributed by atoms with Crippen LogP contribution in [0.1, 0.15) is 24.4 Å². The topological polar surface area (TPSA) is 50.7 Å². The van der Waals surface area contributed by atoms with Gasteiger partial charge in [0.25, 0.3) is 0 Å². The van der Waals surface area contributed by atoms with Gasteiger partial charge in [-0.3, -0.25) is 9.88 Å². The van der Waals surface area contributed by atoms with Crippen LogP contribution in [0.3, 0.4) is 0 Å². The lowest BCUT2D eigenvalue weighted by atomic mass is 10.0. The quantitative estimate of drug-likeness (QED) is 0.348. The van der Waals surface area contributed by atoms with Crippen LogP contribution in [-0.2, 0) is 4.74 Å². The molecule has 0 bridgehead atoms. The molecule has 2 aliphatic heterocycles. The minimum Gasteiger partial charge on any atom is -0.492 e. The number of pyridine rings is 1. The van der Waals surface area contributed by atoms with Crippen molar-refractivity contribution >= 4 is 26.7 Å². The largest absolute Gasteiger partial charge is 0.492 e. The third-order valence-electron chi connectivity index (χ3n) is 6.91. The van der Waals surface area contributed by atoms with Crippen molar-refractivity contribution in [3.05, 3.63) is 72.6 Å². The van der Waals surface area contributed by atoms with E-state index in [1.807, 2.05) is 12.4 Å². The van der Waals surface area contributed by atoms with Crippen molar-refractivity contribution in [1.82, 2.24) is 14.9 Å². The standard InChI is InChI=1S/C28H30N4O2S/c1-3-23(19-24(4-1)34-18-15-31-13-16-33-17-14-31)26-5-2-12-32(26)28-30-25-7-6-22(20-27(25)35-28)21-8-10-29-11-9-21/h1,3-4,6-11,19-20,26H,2,5,12-18H2. The van der Waals surface area contributed by atoms with E-state index in [0.29, 0.717) is 12.6 Å². The fraction of sp³-hybridized carbons (Fsp3) is 0.357. The smallest absolute Gasteiger partial charge is 0.186 e. The van der Waals surface area contributed by atoms with Crippen LogP contribution in [0.4, 0.5) is 5.13 Å². The van der Waals surface area contributed by atoms with E-state index in [1.165, 1.54) is 27.8 Å². The van der Waals surface area contributed by atoms with Gasteiger partial charge in [0.05, 0.1) is 29.5 Å². The maximum absolute atomic E-state index is 6.13. The Morgan fingerprint density at radius 2 is 1.86 bits per heavy atom. The number of rotatable bonds is 7. The minimum atomic E-state index is 0.332. The fourth-order valence-electron chi connectivity index (χ4n) is 5.03. The molecule has 35 heavy (non-hydrogen) atoms. The molecule has 1 atom stereocenters. The average Bonchev–Trinajstić information content (AvgIpc) is 3.57. The summed E-state index contributed by atoms with van der Waals surface area (Å²) >= 11 is 1.79. The van der Waals surface area contributed by atoms with Gasteiger partial charge >= 0.3 is 0 Å². The molecule has 4 heterocycles. The van der Waals surface area contributed by atoms with Gasteiger partial charge in [-0.25, -0.2) is 4.98 Å². The summed E-state index contributed by atoms with van der Waals surface area (Å²) in [6.45, 7) is 6.31. The van der Waals surface area contributed by atoms with Gasteiger partial charge in [0.2, 0.25) is 0 Å². The SMILES string of the molecule is c1cc(OCCN2CCOCC2)cc(C2CCCN2c2nc3ccc(-c4ccncc4)cc3s2)c1. The van der Waals surface area contributed by atoms with Gasteiger partial charge < -0.3 is 14.4 Å². The van der Waals surface area contributed by atoms with Crippen LogP contribution in [0.5, 0.6) is 5.75 Å². The predicted octanol–water partition coefficient (Wildman–Crippen LogP) is 5.41. The van der Waals surface area contributed by atoms with Crippen LogP contribution in [0, 0.1) is 0 Å². The summed E-state index contributed by atoms with van der Waals surface area (Å²) in [6, 6.07) is 19.6. The molecule has 2 fully saturated rings. The maximum atomic E-state index is 6.13. The Hall–Kier alpha value is -3.00. The first-order valence-electron chi connectivity index (χ1n) is 12.4. The Labute approximate surface area is 210 Å². The summed E-state index contributed by atoms with van der Waals surface area (Å²) < 4.78 is 12.8. The zero-order valence-corrected chi connectivity index (χ0v) is 20.6. The highest BCUT2D eigenvalue weighted by molar-refractivity contribution is 7.22. The van der Waals surface area contributed by atoms with E-state index >= 15 is 0 Å². The molecule has 2 aromatic carbocycles. The number of anilines is 1. The summed E-state index contributed by atoms with van der Waals surface area (Å²) in [4.78, 5) is 14.0. The number of aromatic nitrogens is 2. The first-order valence-corrected chi connectivity index (χ1v) is 13.3. The lowest BCUT2D eigenvalue weighted by Gasteiger charge is -2.26. The van der Waals surface area contributed by atoms with Gasteiger partial charge in [0.15, 0.2) is 5.13 Å². The molecular weight excluding hydrogens is 456 g/mol. The molecule has 0 spiro atoms. The van der Waals surface area contributed by atoms with E-state index in [4.69, 9.17) is 14.5 Å². The number of fused-ring (bicyclic) bond motifs is 1. The Morgan fingerprint density at radius 3 is 2.74 bits per heavy atom. The van der Waals surface area contributed by atoms with E-state index in [1.54, 1.807) is 11.3 Å². The number of ether oxygens (including phenoxy) is 2. The molecule has 0 amide bonds. The average molecular weight is 487 g/mol. The zero-order valence-electron chi connectivity index (χ0n) is 19.8. The monoisotopic (exact) mass is 486 g/mol. The first kappa shape index (κ1) is 22.5. The van der Waals surface area contributed by atoms with Crippen LogP contribution >= 0.6 is 11.3 Å². The van der Waals surface area contributed by atoms with E-state index in [0.717, 1.165) is 62.2 Å². The number of benzene rings is 2. The highest BCUT2D eigenvalue weighted by Gasteiger charge is 2.29. The molecule has 7 heteroatoms. The molecule has 0 aliphatic carbocycles. The number of morpholine rings is 1. The molecule has 180 valence electrons. The van der Waals surface area contributed by atoms with E-state index in [9.17, 15) is 0 Å². The van der Waals surface area contributed by atoms with Gasteiger partial charge in [-0.2, -0.15) is 0 Å². The van der Waals surface area contributed by atoms with Gasteiger partial charge in [-0.1, -0.05) is 29.5 Å². The second kappa shape index (κ2) is 10.3. The van der Waals surface area contributed by atoms with Crippen LogP contribution in [0.25, 0.3) is 21.3 Å². The Kier molecular flexibility index (Phi) is 6.62. The van der Waals surface area contributed by atoms with E-state index in [2.05, 4.69) is 69.4 Å². The lowest BCUT2D eigenvalue weighted by molar-refractivity contribution is 0.0322. The third kappa shape index (κ3) is 5.03. The summed E-state index contributed by atoms with van der Waals surface area (Å²) in [6.07, 6.45) is 5.99. The maximum Gasteiger partial charge on any atom is 0.186 e. The molecule has 6 nitrogen and oxygen atoms in total. The molecule has 2 aliphatic rings. The predicted molar refractivity (Wildman–Crippen MR) is 141 cm³/mol. The zero-order chi connectivity index (χ0) is 23.5. The van der Waals surface area contributed by atoms with Crippen molar-refractivity contribution in [2.45, 2.75) is 18.9 Å². The Balaban J connectivity index is 1.17. The van der Waals surface area contributed by atoms with Crippen molar-refractivity contribution in [1.29, 1.82) is 0 Å². The Bertz CT molecular complexity index is 1270. The molecule has 2 saturated heterocycles. The fourth-order valence-corrected chi connectivity index (χ4v) is 6.11. The summed E-state index contributed by atoms with van der Waals surface area (Å²) in [5.41, 5.74) is 4.76. The van der Waals surface area contributed by atoms with Gasteiger partial charge in [-0.15, -0.1) is 0 Å². The molecule has 2 aromatic heterocycles. The lowest BCUT2D eigenvalue weighted by Crippen LogP contribution is -2.38. The highest BCUT2D eigenvalue weighted by Crippen LogP contribution is 2.41. The Morgan fingerprint density at radius 1 is 0.971 bits per heavy atom.